The molecule has 0 fully saturated rings. The van der Waals surface area contributed by atoms with Gasteiger partial charge in [-0.3, -0.25) is 0 Å². The molecule has 1 aliphatic heterocycles. The number of hydrogen-bond donors (Lipinski definition) is 0. The van der Waals surface area contributed by atoms with E-state index in [0.717, 1.165) is 0 Å². The van der Waals surface area contributed by atoms with Crippen molar-refractivity contribution < 1.29 is 4.57 Å². The van der Waals surface area contributed by atoms with Crippen molar-refractivity contribution in [1.29, 1.82) is 0 Å². The molecule has 1 aromatic heterocycles. The van der Waals surface area contributed by atoms with E-state index in [1.54, 1.807) is 0 Å². The normalized spacial score (nSPS) is 15.7. The summed E-state index contributed by atoms with van der Waals surface area (Å²) in [6.45, 7) is 0. The smallest absolute Gasteiger partial charge is 0.262 e. The highest BCUT2D eigenvalue weighted by Crippen LogP contribution is 2.45. The molecule has 126 valence electrons. The predicted molar refractivity (Wildman–Crippen MR) is 126 cm³/mol. The third-order valence-electron chi connectivity index (χ3n) is 4.13. The topological polar surface area (TPSA) is 7.12 Å². The summed E-state index contributed by atoms with van der Waals surface area (Å²) in [6.07, 6.45) is 6.56. The molecule has 1 aliphatic rings. The Kier molecular flexibility index (Phi) is 5.13. The number of aromatic nitrogens is 1. The van der Waals surface area contributed by atoms with Crippen LogP contribution in [0.5, 0.6) is 0 Å². The average Bonchev–Trinajstić information content (AvgIpc) is 3.06. The molecule has 2 aromatic carbocycles. The molecular formula is C19H15I2N2S2+. The lowest BCUT2D eigenvalue weighted by Crippen LogP contribution is -2.28. The molecule has 2 heterocycles. The van der Waals surface area contributed by atoms with Crippen molar-refractivity contribution in [3.05, 3.63) is 65.7 Å². The van der Waals surface area contributed by atoms with Crippen LogP contribution < -0.4 is 9.47 Å². The quantitative estimate of drug-likeness (QED) is 0.266. The van der Waals surface area contributed by atoms with Crippen LogP contribution in [0.25, 0.3) is 16.3 Å². The van der Waals surface area contributed by atoms with Crippen molar-refractivity contribution in [2.24, 2.45) is 7.05 Å². The van der Waals surface area contributed by atoms with Gasteiger partial charge in [0.25, 0.3) is 5.01 Å². The van der Waals surface area contributed by atoms with Gasteiger partial charge in [-0.1, -0.05) is 29.2 Å². The van der Waals surface area contributed by atoms with Crippen LogP contribution in [-0.4, -0.2) is 7.05 Å². The van der Waals surface area contributed by atoms with E-state index in [0.29, 0.717) is 0 Å². The van der Waals surface area contributed by atoms with Crippen LogP contribution in [0.2, 0.25) is 0 Å². The Hall–Kier alpha value is -0.580. The molecule has 0 N–H and O–H groups in total. The first-order valence-electron chi connectivity index (χ1n) is 7.70. The lowest BCUT2D eigenvalue weighted by atomic mass is 10.3. The number of benzene rings is 2. The highest BCUT2D eigenvalue weighted by Gasteiger charge is 2.21. The second kappa shape index (κ2) is 7.21. The van der Waals surface area contributed by atoms with Gasteiger partial charge >= 0.3 is 0 Å². The lowest BCUT2D eigenvalue weighted by molar-refractivity contribution is -0.642. The third-order valence-corrected chi connectivity index (χ3v) is 7.84. The molecule has 0 spiro atoms. The number of allylic oxidation sites excluding steroid dienone is 2. The van der Waals surface area contributed by atoms with Crippen LogP contribution in [-0.2, 0) is 7.05 Å². The Morgan fingerprint density at radius 2 is 1.84 bits per heavy atom. The minimum atomic E-state index is 1.26. The SMILES string of the molecule is CN1C(=CC=Cc2sc3ccc(I)cc3[n+]2C)Sc2ccc(I)cc21. The van der Waals surface area contributed by atoms with Crippen molar-refractivity contribution in [2.45, 2.75) is 4.90 Å². The predicted octanol–water partition coefficient (Wildman–Crippen LogP) is 6.03. The first-order chi connectivity index (χ1) is 12.0. The number of thioether (sulfide) groups is 1. The van der Waals surface area contributed by atoms with Crippen molar-refractivity contribution in [2.75, 3.05) is 11.9 Å². The number of anilines is 1. The van der Waals surface area contributed by atoms with Crippen LogP contribution in [0.15, 0.2) is 58.5 Å². The maximum absolute atomic E-state index is 2.37. The summed E-state index contributed by atoms with van der Waals surface area (Å²) in [6, 6.07) is 13.2. The third kappa shape index (κ3) is 3.50. The average molecular weight is 589 g/mol. The van der Waals surface area contributed by atoms with Crippen LogP contribution in [0.4, 0.5) is 5.69 Å². The fourth-order valence-electron chi connectivity index (χ4n) is 2.78. The number of rotatable bonds is 2. The van der Waals surface area contributed by atoms with Crippen LogP contribution in [0.3, 0.4) is 0 Å². The molecule has 0 saturated carbocycles. The van der Waals surface area contributed by atoms with Gasteiger partial charge in [0, 0.05) is 31.2 Å². The van der Waals surface area contributed by atoms with Crippen LogP contribution in [0, 0.1) is 7.14 Å². The van der Waals surface area contributed by atoms with Crippen molar-refractivity contribution >= 4 is 90.3 Å². The molecule has 4 rings (SSSR count). The Morgan fingerprint density at radius 3 is 2.68 bits per heavy atom. The lowest BCUT2D eigenvalue weighted by Gasteiger charge is -2.12. The van der Waals surface area contributed by atoms with E-state index in [1.165, 1.54) is 38.0 Å². The van der Waals surface area contributed by atoms with Gasteiger partial charge in [0.2, 0.25) is 5.52 Å². The second-order valence-corrected chi connectivity index (χ2v) is 10.4. The molecule has 0 aliphatic carbocycles. The van der Waals surface area contributed by atoms with Crippen LogP contribution >= 0.6 is 68.3 Å². The summed E-state index contributed by atoms with van der Waals surface area (Å²) in [5.74, 6) is 0. The van der Waals surface area contributed by atoms with E-state index < -0.39 is 0 Å². The molecule has 0 radical (unpaired) electrons. The summed E-state index contributed by atoms with van der Waals surface area (Å²) in [5, 5.41) is 2.51. The number of hydrogen-bond acceptors (Lipinski definition) is 3. The van der Waals surface area contributed by atoms with Gasteiger partial charge in [-0.25, -0.2) is 0 Å². The molecule has 0 amide bonds. The summed E-state index contributed by atoms with van der Waals surface area (Å²) < 4.78 is 6.13. The molecule has 0 unspecified atom stereocenters. The fourth-order valence-corrected chi connectivity index (χ4v) is 5.82. The number of halogens is 2. The number of aryl methyl sites for hydroxylation is 1. The minimum Gasteiger partial charge on any atom is -0.338 e. The Morgan fingerprint density at radius 1 is 1.08 bits per heavy atom. The molecule has 0 atom stereocenters. The fraction of sp³-hybridized carbons (Fsp3) is 0.105. The molecule has 3 aromatic rings. The van der Waals surface area contributed by atoms with Gasteiger partial charge < -0.3 is 4.90 Å². The van der Waals surface area contributed by atoms with Gasteiger partial charge in [0.15, 0.2) is 0 Å². The van der Waals surface area contributed by atoms with Gasteiger partial charge in [-0.2, -0.15) is 4.57 Å². The monoisotopic (exact) mass is 589 g/mol. The summed E-state index contributed by atoms with van der Waals surface area (Å²) in [4.78, 5) is 3.59. The van der Waals surface area contributed by atoms with E-state index >= 15 is 0 Å². The molecule has 0 bridgehead atoms. The van der Waals surface area contributed by atoms with E-state index in [9.17, 15) is 0 Å². The van der Waals surface area contributed by atoms with Gasteiger partial charge in [-0.15, -0.1) is 0 Å². The standard InChI is InChI=1S/C19H15I2N2S2/c1-22-14-10-12(20)6-8-16(14)24-18(22)4-3-5-19-23(2)15-11-13(21)7-9-17(15)25-19/h3-11H,1-2H3/q+1. The zero-order valence-corrected chi connectivity index (χ0v) is 19.6. The van der Waals surface area contributed by atoms with E-state index in [1.807, 2.05) is 23.1 Å². The number of nitrogens with zero attached hydrogens (tertiary/aromatic N) is 2. The van der Waals surface area contributed by atoms with Gasteiger partial charge in [0.05, 0.1) is 10.7 Å². The number of fused-ring (bicyclic) bond motifs is 2. The van der Waals surface area contributed by atoms with Gasteiger partial charge in [-0.05, 0) is 81.6 Å². The molecular weight excluding hydrogens is 574 g/mol. The van der Waals surface area contributed by atoms with Crippen molar-refractivity contribution in [1.82, 2.24) is 0 Å². The Balaban J connectivity index is 1.61. The van der Waals surface area contributed by atoms with Gasteiger partial charge in [0.1, 0.15) is 11.7 Å². The molecule has 0 saturated heterocycles. The number of thiazole rings is 1. The molecule has 2 nitrogen and oxygen atoms in total. The second-order valence-electron chi connectivity index (χ2n) is 5.75. The largest absolute Gasteiger partial charge is 0.338 e. The highest BCUT2D eigenvalue weighted by molar-refractivity contribution is 14.1. The molecule has 25 heavy (non-hydrogen) atoms. The first kappa shape index (κ1) is 17.8. The van der Waals surface area contributed by atoms with Crippen LogP contribution in [0.1, 0.15) is 5.01 Å². The first-order valence-corrected chi connectivity index (χ1v) is 11.5. The minimum absolute atomic E-state index is 1.26. The molecule has 6 heteroatoms. The summed E-state index contributed by atoms with van der Waals surface area (Å²) in [5.41, 5.74) is 2.58. The zero-order chi connectivity index (χ0) is 17.6. The zero-order valence-electron chi connectivity index (χ0n) is 13.7. The maximum atomic E-state index is 2.37. The summed E-state index contributed by atoms with van der Waals surface area (Å²) in [7, 11) is 4.27. The Bertz CT molecular complexity index is 1040. The van der Waals surface area contributed by atoms with Crippen molar-refractivity contribution in [3.8, 4) is 0 Å². The maximum Gasteiger partial charge on any atom is 0.262 e. The Labute approximate surface area is 182 Å². The van der Waals surface area contributed by atoms with E-state index in [2.05, 4.69) is 123 Å². The highest BCUT2D eigenvalue weighted by atomic mass is 127. The van der Waals surface area contributed by atoms with Crippen molar-refractivity contribution in [3.63, 3.8) is 0 Å². The van der Waals surface area contributed by atoms with E-state index in [4.69, 9.17) is 0 Å². The van der Waals surface area contributed by atoms with E-state index in [-0.39, 0.29) is 0 Å². The summed E-state index contributed by atoms with van der Waals surface area (Å²) >= 11 is 8.39.